The lowest BCUT2D eigenvalue weighted by Crippen LogP contribution is -2.26. The molecule has 0 aliphatic heterocycles. The molecule has 0 saturated carbocycles. The summed E-state index contributed by atoms with van der Waals surface area (Å²) in [6.07, 6.45) is 0.560. The minimum absolute atomic E-state index is 0.224. The van der Waals surface area contributed by atoms with Gasteiger partial charge >= 0.3 is 12.1 Å². The number of nitrogens with zero attached hydrogens (tertiary/aromatic N) is 1. The maximum absolute atomic E-state index is 12.0. The number of nitrogens with one attached hydrogen (secondary N) is 1. The molecule has 0 spiro atoms. The first-order valence-corrected chi connectivity index (χ1v) is 13.7. The smallest absolute Gasteiger partial charge is 0.407 e. The first-order chi connectivity index (χ1) is 19.8. The molecule has 0 bridgehead atoms. The van der Waals surface area contributed by atoms with Gasteiger partial charge in [-0.05, 0) is 73.7 Å². The van der Waals surface area contributed by atoms with Crippen molar-refractivity contribution in [1.82, 2.24) is 10.3 Å². The van der Waals surface area contributed by atoms with E-state index in [-0.39, 0.29) is 25.0 Å². The van der Waals surface area contributed by atoms with Gasteiger partial charge in [-0.3, -0.25) is 4.79 Å². The minimum atomic E-state index is -0.503. The van der Waals surface area contributed by atoms with Crippen LogP contribution in [0.25, 0.3) is 22.6 Å². The molecule has 0 aliphatic rings. The molecule has 214 valence electrons. The lowest BCUT2D eigenvalue weighted by molar-refractivity contribution is -0.140. The van der Waals surface area contributed by atoms with Crippen molar-refractivity contribution in [3.05, 3.63) is 95.4 Å². The van der Waals surface area contributed by atoms with Gasteiger partial charge in [0.05, 0.1) is 25.5 Å². The average Bonchev–Trinajstić information content (AvgIpc) is 3.35. The third kappa shape index (κ3) is 8.45. The number of benzene rings is 3. The number of hydrogen-bond donors (Lipinski definition) is 1. The zero-order chi connectivity index (χ0) is 29.2. The number of esters is 1. The zero-order valence-electron chi connectivity index (χ0n) is 23.9. The SMILES string of the molecule is COC(=O)CCc1ccc(OCCc2nc(-c3ccc(-c4ccccc4)cc3)oc2C)cc1CNC(=O)OC(C)C. The van der Waals surface area contributed by atoms with E-state index in [4.69, 9.17) is 23.6 Å². The summed E-state index contributed by atoms with van der Waals surface area (Å²) in [5.74, 6) is 1.69. The van der Waals surface area contributed by atoms with Crippen LogP contribution in [0.4, 0.5) is 4.79 Å². The summed E-state index contributed by atoms with van der Waals surface area (Å²) >= 11 is 0. The highest BCUT2D eigenvalue weighted by atomic mass is 16.6. The van der Waals surface area contributed by atoms with Crippen LogP contribution in [0.2, 0.25) is 0 Å². The molecule has 4 rings (SSSR count). The molecule has 1 N–H and O–H groups in total. The quantitative estimate of drug-likeness (QED) is 0.194. The molecule has 41 heavy (non-hydrogen) atoms. The lowest BCUT2D eigenvalue weighted by atomic mass is 10.0. The zero-order valence-corrected chi connectivity index (χ0v) is 23.9. The number of methoxy groups -OCH3 is 1. The van der Waals surface area contributed by atoms with Gasteiger partial charge in [-0.1, -0.05) is 48.5 Å². The Kier molecular flexibility index (Phi) is 10.2. The summed E-state index contributed by atoms with van der Waals surface area (Å²) in [6.45, 7) is 6.12. The summed E-state index contributed by atoms with van der Waals surface area (Å²) < 4.78 is 21.9. The fourth-order valence-electron chi connectivity index (χ4n) is 4.35. The Morgan fingerprint density at radius 3 is 2.32 bits per heavy atom. The van der Waals surface area contributed by atoms with E-state index < -0.39 is 6.09 Å². The monoisotopic (exact) mass is 556 g/mol. The number of alkyl carbamates (subject to hydrolysis) is 1. The molecule has 8 nitrogen and oxygen atoms in total. The van der Waals surface area contributed by atoms with Crippen molar-refractivity contribution in [2.75, 3.05) is 13.7 Å². The number of carbonyl (C=O) groups excluding carboxylic acids is 2. The highest BCUT2D eigenvalue weighted by molar-refractivity contribution is 5.70. The van der Waals surface area contributed by atoms with Gasteiger partial charge in [-0.15, -0.1) is 0 Å². The second-order valence-corrected chi connectivity index (χ2v) is 9.88. The van der Waals surface area contributed by atoms with Crippen molar-refractivity contribution in [2.45, 2.75) is 52.7 Å². The first-order valence-electron chi connectivity index (χ1n) is 13.7. The molecule has 0 atom stereocenters. The molecule has 1 amide bonds. The van der Waals surface area contributed by atoms with Gasteiger partial charge in [0.15, 0.2) is 0 Å². The van der Waals surface area contributed by atoms with Gasteiger partial charge in [0, 0.05) is 24.9 Å². The molecular weight excluding hydrogens is 520 g/mol. The van der Waals surface area contributed by atoms with Crippen molar-refractivity contribution < 1.29 is 28.2 Å². The van der Waals surface area contributed by atoms with Crippen LogP contribution in [-0.4, -0.2) is 36.9 Å². The van der Waals surface area contributed by atoms with Gasteiger partial charge in [-0.2, -0.15) is 0 Å². The van der Waals surface area contributed by atoms with Crippen LogP contribution in [-0.2, 0) is 33.7 Å². The number of amides is 1. The second-order valence-electron chi connectivity index (χ2n) is 9.88. The van der Waals surface area contributed by atoms with Gasteiger partial charge in [0.25, 0.3) is 0 Å². The average molecular weight is 557 g/mol. The van der Waals surface area contributed by atoms with Crippen LogP contribution < -0.4 is 10.1 Å². The topological polar surface area (TPSA) is 99.9 Å². The molecule has 0 aliphatic carbocycles. The molecule has 1 aromatic heterocycles. The van der Waals surface area contributed by atoms with Crippen LogP contribution in [0.3, 0.4) is 0 Å². The van der Waals surface area contributed by atoms with Gasteiger partial charge in [0.1, 0.15) is 11.5 Å². The van der Waals surface area contributed by atoms with Crippen LogP contribution in [0, 0.1) is 6.92 Å². The Morgan fingerprint density at radius 1 is 0.902 bits per heavy atom. The Labute approximate surface area is 240 Å². The van der Waals surface area contributed by atoms with E-state index in [1.54, 1.807) is 13.8 Å². The Hall–Kier alpha value is -4.59. The predicted octanol–water partition coefficient (Wildman–Crippen LogP) is 6.68. The summed E-state index contributed by atoms with van der Waals surface area (Å²) in [5, 5.41) is 2.76. The normalized spacial score (nSPS) is 10.9. The molecule has 3 aromatic carbocycles. The first kappa shape index (κ1) is 29.4. The summed E-state index contributed by atoms with van der Waals surface area (Å²) in [7, 11) is 1.37. The summed E-state index contributed by atoms with van der Waals surface area (Å²) in [5.41, 5.74) is 5.80. The Morgan fingerprint density at radius 2 is 1.61 bits per heavy atom. The lowest BCUT2D eigenvalue weighted by Gasteiger charge is -2.14. The van der Waals surface area contributed by atoms with Crippen molar-refractivity contribution in [3.8, 4) is 28.3 Å². The summed E-state index contributed by atoms with van der Waals surface area (Å²) in [4.78, 5) is 28.4. The fraction of sp³-hybridized carbons (Fsp3) is 0.303. The van der Waals surface area contributed by atoms with Gasteiger partial charge < -0.3 is 23.9 Å². The van der Waals surface area contributed by atoms with E-state index in [1.807, 2.05) is 55.5 Å². The van der Waals surface area contributed by atoms with Crippen LogP contribution in [0.15, 0.2) is 77.2 Å². The van der Waals surface area contributed by atoms with E-state index in [9.17, 15) is 9.59 Å². The highest BCUT2D eigenvalue weighted by Gasteiger charge is 2.14. The summed E-state index contributed by atoms with van der Waals surface area (Å²) in [6, 6.07) is 24.0. The minimum Gasteiger partial charge on any atom is -0.493 e. The van der Waals surface area contributed by atoms with E-state index >= 15 is 0 Å². The van der Waals surface area contributed by atoms with Crippen LogP contribution >= 0.6 is 0 Å². The maximum atomic E-state index is 12.0. The maximum Gasteiger partial charge on any atom is 0.407 e. The third-order valence-corrected chi connectivity index (χ3v) is 6.51. The molecule has 4 aromatic rings. The van der Waals surface area contributed by atoms with Gasteiger partial charge in [-0.25, -0.2) is 9.78 Å². The van der Waals surface area contributed by atoms with Gasteiger partial charge in [0.2, 0.25) is 5.89 Å². The highest BCUT2D eigenvalue weighted by Crippen LogP contribution is 2.26. The number of aromatic nitrogens is 1. The number of ether oxygens (including phenoxy) is 3. The second kappa shape index (κ2) is 14.2. The number of aryl methyl sites for hydroxylation is 2. The Bertz CT molecular complexity index is 1440. The van der Waals surface area contributed by atoms with E-state index in [2.05, 4.69) is 29.6 Å². The number of carbonyl (C=O) groups is 2. The standard InChI is InChI=1S/C33H36N2O6/c1-22(2)40-33(37)34-21-28-20-29(16-14-26(28)15-17-31(36)38-4)39-19-18-30-23(3)41-32(35-30)27-12-10-25(11-13-27)24-8-6-5-7-9-24/h5-14,16,20,22H,15,17-19,21H2,1-4H3,(H,34,37). The molecule has 0 radical (unpaired) electrons. The van der Waals surface area contributed by atoms with Crippen molar-refractivity contribution >= 4 is 12.1 Å². The molecule has 0 saturated heterocycles. The van der Waals surface area contributed by atoms with E-state index in [0.717, 1.165) is 39.3 Å². The number of hydrogen-bond acceptors (Lipinski definition) is 7. The largest absolute Gasteiger partial charge is 0.493 e. The van der Waals surface area contributed by atoms with Crippen LogP contribution in [0.1, 0.15) is 42.8 Å². The number of oxazole rings is 1. The molecule has 8 heteroatoms. The molecule has 0 fully saturated rings. The van der Waals surface area contributed by atoms with E-state index in [1.165, 1.54) is 7.11 Å². The fourth-order valence-corrected chi connectivity index (χ4v) is 4.35. The van der Waals surface area contributed by atoms with Crippen molar-refractivity contribution in [1.29, 1.82) is 0 Å². The van der Waals surface area contributed by atoms with Crippen molar-refractivity contribution in [2.24, 2.45) is 0 Å². The Balaban J connectivity index is 1.39. The number of rotatable bonds is 12. The third-order valence-electron chi connectivity index (χ3n) is 6.51. The van der Waals surface area contributed by atoms with Crippen LogP contribution in [0.5, 0.6) is 5.75 Å². The molecule has 1 heterocycles. The molecular formula is C33H36N2O6. The van der Waals surface area contributed by atoms with E-state index in [0.29, 0.717) is 31.1 Å². The molecule has 0 unspecified atom stereocenters. The van der Waals surface area contributed by atoms with Crippen molar-refractivity contribution in [3.63, 3.8) is 0 Å². The predicted molar refractivity (Wildman–Crippen MR) is 157 cm³/mol.